The lowest BCUT2D eigenvalue weighted by atomic mass is 9.98. The van der Waals surface area contributed by atoms with Crippen LogP contribution in [0.5, 0.6) is 0 Å². The summed E-state index contributed by atoms with van der Waals surface area (Å²) in [6.45, 7) is 0. The van der Waals surface area contributed by atoms with Crippen molar-refractivity contribution >= 4 is 32.9 Å². The third-order valence-corrected chi connectivity index (χ3v) is 6.20. The van der Waals surface area contributed by atoms with Crippen molar-refractivity contribution in [1.82, 2.24) is 0 Å². The molecule has 0 heterocycles. The zero-order valence-electron chi connectivity index (χ0n) is 18.2. The van der Waals surface area contributed by atoms with Crippen molar-refractivity contribution in [2.24, 2.45) is 0 Å². The normalized spacial score (nSPS) is 11.0. The Labute approximate surface area is 194 Å². The molecular weight excluding hydrogens is 398 g/mol. The van der Waals surface area contributed by atoms with E-state index in [0.717, 1.165) is 11.4 Å². The maximum atomic E-state index is 3.61. The highest BCUT2D eigenvalue weighted by atomic mass is 14.9. The Morgan fingerprint density at radius 1 is 0.364 bits per heavy atom. The quantitative estimate of drug-likeness (QED) is 0.299. The van der Waals surface area contributed by atoms with Gasteiger partial charge in [-0.05, 0) is 74.1 Å². The van der Waals surface area contributed by atoms with Crippen LogP contribution in [0.15, 0.2) is 133 Å². The van der Waals surface area contributed by atoms with Crippen molar-refractivity contribution in [3.05, 3.63) is 133 Å². The molecule has 33 heavy (non-hydrogen) atoms. The second-order valence-corrected chi connectivity index (χ2v) is 8.38. The number of benzene rings is 6. The van der Waals surface area contributed by atoms with Gasteiger partial charge in [-0.15, -0.1) is 0 Å². The number of hydrogen-bond acceptors (Lipinski definition) is 1. The molecule has 0 amide bonds. The fourth-order valence-electron chi connectivity index (χ4n) is 4.54. The van der Waals surface area contributed by atoms with Crippen molar-refractivity contribution in [2.75, 3.05) is 5.32 Å². The maximum Gasteiger partial charge on any atom is 0.0390 e. The van der Waals surface area contributed by atoms with Gasteiger partial charge in [-0.25, -0.2) is 0 Å². The zero-order chi connectivity index (χ0) is 22.0. The molecule has 0 saturated carbocycles. The third kappa shape index (κ3) is 3.86. The van der Waals surface area contributed by atoms with Gasteiger partial charge in [0.05, 0.1) is 0 Å². The summed E-state index contributed by atoms with van der Waals surface area (Å²) in [6.07, 6.45) is 0. The minimum absolute atomic E-state index is 1.08. The average Bonchev–Trinajstić information content (AvgIpc) is 2.88. The van der Waals surface area contributed by atoms with Crippen LogP contribution in [0.3, 0.4) is 0 Å². The second kappa shape index (κ2) is 8.29. The molecule has 0 aliphatic carbocycles. The molecule has 156 valence electrons. The van der Waals surface area contributed by atoms with Crippen molar-refractivity contribution in [2.45, 2.75) is 0 Å². The molecule has 0 aliphatic heterocycles. The smallest absolute Gasteiger partial charge is 0.0390 e. The van der Waals surface area contributed by atoms with Crippen molar-refractivity contribution in [3.8, 4) is 22.3 Å². The van der Waals surface area contributed by atoms with Gasteiger partial charge in [0.1, 0.15) is 0 Å². The Morgan fingerprint density at radius 3 is 2.03 bits per heavy atom. The number of anilines is 2. The van der Waals surface area contributed by atoms with Gasteiger partial charge in [0, 0.05) is 11.4 Å². The lowest BCUT2D eigenvalue weighted by Gasteiger charge is -2.12. The maximum absolute atomic E-state index is 3.61. The molecule has 6 rings (SSSR count). The molecule has 0 unspecified atom stereocenters. The van der Waals surface area contributed by atoms with Crippen LogP contribution in [0.4, 0.5) is 11.4 Å². The predicted octanol–water partition coefficient (Wildman–Crippen LogP) is 9.07. The number of fused-ring (bicyclic) bond motifs is 2. The summed E-state index contributed by atoms with van der Waals surface area (Å²) in [6, 6.07) is 47.4. The molecule has 0 atom stereocenters. The van der Waals surface area contributed by atoms with Gasteiger partial charge < -0.3 is 5.32 Å². The predicted molar refractivity (Wildman–Crippen MR) is 142 cm³/mol. The standard InChI is InChI=1S/C32H23N/c1-2-8-23(9-3-1)26-17-16-24-18-19-30(22-28(24)20-26)33-29-13-6-12-27(21-29)32-15-7-11-25-10-4-5-14-31(25)32/h1-22,33H. The van der Waals surface area contributed by atoms with E-state index in [1.54, 1.807) is 0 Å². The topological polar surface area (TPSA) is 12.0 Å². The second-order valence-electron chi connectivity index (χ2n) is 8.38. The first-order valence-electron chi connectivity index (χ1n) is 11.3. The zero-order valence-corrected chi connectivity index (χ0v) is 18.2. The third-order valence-electron chi connectivity index (χ3n) is 6.20. The van der Waals surface area contributed by atoms with Crippen LogP contribution in [0.25, 0.3) is 43.8 Å². The summed E-state index contributed by atoms with van der Waals surface area (Å²) in [7, 11) is 0. The highest BCUT2D eigenvalue weighted by Gasteiger charge is 2.06. The van der Waals surface area contributed by atoms with Crippen LogP contribution >= 0.6 is 0 Å². The summed E-state index contributed by atoms with van der Waals surface area (Å²) >= 11 is 0. The van der Waals surface area contributed by atoms with Gasteiger partial charge in [-0.1, -0.05) is 103 Å². The molecule has 0 aromatic heterocycles. The highest BCUT2D eigenvalue weighted by Crippen LogP contribution is 2.32. The van der Waals surface area contributed by atoms with E-state index < -0.39 is 0 Å². The Balaban J connectivity index is 1.34. The Morgan fingerprint density at radius 2 is 1.09 bits per heavy atom. The largest absolute Gasteiger partial charge is 0.355 e. The van der Waals surface area contributed by atoms with Crippen LogP contribution < -0.4 is 5.32 Å². The van der Waals surface area contributed by atoms with Crippen molar-refractivity contribution < 1.29 is 0 Å². The van der Waals surface area contributed by atoms with Gasteiger partial charge in [0.25, 0.3) is 0 Å². The van der Waals surface area contributed by atoms with E-state index in [0.29, 0.717) is 0 Å². The van der Waals surface area contributed by atoms with Crippen molar-refractivity contribution in [1.29, 1.82) is 0 Å². The fourth-order valence-corrected chi connectivity index (χ4v) is 4.54. The average molecular weight is 422 g/mol. The molecule has 0 radical (unpaired) electrons. The monoisotopic (exact) mass is 421 g/mol. The van der Waals surface area contributed by atoms with E-state index in [4.69, 9.17) is 0 Å². The SMILES string of the molecule is c1ccc(-c2ccc3ccc(Nc4cccc(-c5cccc6ccccc56)c4)cc3c2)cc1. The van der Waals surface area contributed by atoms with Gasteiger partial charge in [-0.3, -0.25) is 0 Å². The van der Waals surface area contributed by atoms with Crippen LogP contribution in [0, 0.1) is 0 Å². The Bertz CT molecular complexity index is 1580. The minimum Gasteiger partial charge on any atom is -0.355 e. The molecule has 1 N–H and O–H groups in total. The first kappa shape index (κ1) is 19.3. The van der Waals surface area contributed by atoms with Gasteiger partial charge in [-0.2, -0.15) is 0 Å². The first-order chi connectivity index (χ1) is 16.3. The highest BCUT2D eigenvalue weighted by molar-refractivity contribution is 5.97. The Hall–Kier alpha value is -4.36. The van der Waals surface area contributed by atoms with E-state index in [1.807, 2.05) is 0 Å². The van der Waals surface area contributed by atoms with E-state index in [-0.39, 0.29) is 0 Å². The summed E-state index contributed by atoms with van der Waals surface area (Å²) in [5, 5.41) is 8.62. The summed E-state index contributed by atoms with van der Waals surface area (Å²) in [5.41, 5.74) is 7.10. The van der Waals surface area contributed by atoms with Crippen molar-refractivity contribution in [3.63, 3.8) is 0 Å². The number of hydrogen-bond donors (Lipinski definition) is 1. The van der Waals surface area contributed by atoms with E-state index in [2.05, 4.69) is 139 Å². The van der Waals surface area contributed by atoms with Gasteiger partial charge in [0.2, 0.25) is 0 Å². The molecule has 6 aromatic rings. The molecule has 6 aromatic carbocycles. The number of rotatable bonds is 4. The van der Waals surface area contributed by atoms with Crippen LogP contribution in [-0.4, -0.2) is 0 Å². The molecule has 0 fully saturated rings. The molecule has 0 bridgehead atoms. The summed E-state index contributed by atoms with van der Waals surface area (Å²) < 4.78 is 0. The number of nitrogens with one attached hydrogen (secondary N) is 1. The molecule has 0 spiro atoms. The molecular formula is C32H23N. The fraction of sp³-hybridized carbons (Fsp3) is 0. The van der Waals surface area contributed by atoms with Crippen LogP contribution in [-0.2, 0) is 0 Å². The van der Waals surface area contributed by atoms with Gasteiger partial charge in [0.15, 0.2) is 0 Å². The Kier molecular flexibility index (Phi) is 4.86. The lowest BCUT2D eigenvalue weighted by molar-refractivity contribution is 1.56. The summed E-state index contributed by atoms with van der Waals surface area (Å²) in [4.78, 5) is 0. The van der Waals surface area contributed by atoms with E-state index in [9.17, 15) is 0 Å². The summed E-state index contributed by atoms with van der Waals surface area (Å²) in [5.74, 6) is 0. The lowest BCUT2D eigenvalue weighted by Crippen LogP contribution is -1.91. The molecule has 0 aliphatic rings. The first-order valence-corrected chi connectivity index (χ1v) is 11.3. The van der Waals surface area contributed by atoms with E-state index >= 15 is 0 Å². The molecule has 1 heteroatoms. The molecule has 0 saturated heterocycles. The minimum atomic E-state index is 1.08. The van der Waals surface area contributed by atoms with Gasteiger partial charge >= 0.3 is 0 Å². The van der Waals surface area contributed by atoms with E-state index in [1.165, 1.54) is 43.8 Å². The van der Waals surface area contributed by atoms with Crippen LogP contribution in [0.2, 0.25) is 0 Å². The molecule has 1 nitrogen and oxygen atoms in total. The van der Waals surface area contributed by atoms with Crippen LogP contribution in [0.1, 0.15) is 0 Å².